The second-order valence-corrected chi connectivity index (χ2v) is 6.07. The van der Waals surface area contributed by atoms with Gasteiger partial charge >= 0.3 is 0 Å². The fraction of sp³-hybridized carbons (Fsp3) is 0.357. The third kappa shape index (κ3) is 3.81. The Morgan fingerprint density at radius 2 is 2.21 bits per heavy atom. The van der Waals surface area contributed by atoms with Crippen molar-refractivity contribution in [1.29, 1.82) is 0 Å². The lowest BCUT2D eigenvalue weighted by Gasteiger charge is -2.07. The summed E-state index contributed by atoms with van der Waals surface area (Å²) in [7, 11) is 0. The molecule has 19 heavy (non-hydrogen) atoms. The van der Waals surface area contributed by atoms with Crippen LogP contribution in [0, 0.1) is 5.92 Å². The SMILES string of the molecule is CC(C)CNCc1ncoc1-c1cc(Cl)ccc1Br. The Kier molecular flexibility index (Phi) is 5.02. The van der Waals surface area contributed by atoms with Crippen LogP contribution in [0.1, 0.15) is 19.5 Å². The molecule has 0 saturated heterocycles. The highest BCUT2D eigenvalue weighted by atomic mass is 79.9. The summed E-state index contributed by atoms with van der Waals surface area (Å²) in [4.78, 5) is 4.27. The summed E-state index contributed by atoms with van der Waals surface area (Å²) in [5.74, 6) is 1.36. The summed E-state index contributed by atoms with van der Waals surface area (Å²) in [6, 6.07) is 5.62. The quantitative estimate of drug-likeness (QED) is 0.868. The van der Waals surface area contributed by atoms with Crippen molar-refractivity contribution in [3.8, 4) is 11.3 Å². The Morgan fingerprint density at radius 1 is 1.42 bits per heavy atom. The van der Waals surface area contributed by atoms with Gasteiger partial charge in [0.25, 0.3) is 0 Å². The Morgan fingerprint density at radius 3 is 2.95 bits per heavy atom. The molecule has 1 aromatic carbocycles. The van der Waals surface area contributed by atoms with Gasteiger partial charge in [-0.25, -0.2) is 4.98 Å². The summed E-state index contributed by atoms with van der Waals surface area (Å²) >= 11 is 9.54. The van der Waals surface area contributed by atoms with Gasteiger partial charge in [-0.1, -0.05) is 41.4 Å². The van der Waals surface area contributed by atoms with Crippen molar-refractivity contribution < 1.29 is 4.42 Å². The van der Waals surface area contributed by atoms with Gasteiger partial charge in [-0.3, -0.25) is 0 Å². The topological polar surface area (TPSA) is 38.1 Å². The van der Waals surface area contributed by atoms with Crippen molar-refractivity contribution in [2.75, 3.05) is 6.54 Å². The average molecular weight is 344 g/mol. The van der Waals surface area contributed by atoms with Crippen LogP contribution in [-0.4, -0.2) is 11.5 Å². The van der Waals surface area contributed by atoms with E-state index >= 15 is 0 Å². The van der Waals surface area contributed by atoms with Gasteiger partial charge in [-0.15, -0.1) is 0 Å². The van der Waals surface area contributed by atoms with Gasteiger partial charge in [0.15, 0.2) is 12.2 Å². The minimum atomic E-state index is 0.605. The van der Waals surface area contributed by atoms with Crippen molar-refractivity contribution in [2.24, 2.45) is 5.92 Å². The zero-order valence-electron chi connectivity index (χ0n) is 10.9. The maximum absolute atomic E-state index is 6.03. The van der Waals surface area contributed by atoms with Crippen LogP contribution in [-0.2, 0) is 6.54 Å². The third-order valence-electron chi connectivity index (χ3n) is 2.66. The van der Waals surface area contributed by atoms with Crippen molar-refractivity contribution in [2.45, 2.75) is 20.4 Å². The molecular weight excluding hydrogens is 328 g/mol. The molecule has 0 atom stereocenters. The molecule has 2 rings (SSSR count). The van der Waals surface area contributed by atoms with Crippen molar-refractivity contribution in [3.05, 3.63) is 39.8 Å². The number of oxazole rings is 1. The minimum Gasteiger partial charge on any atom is -0.443 e. The van der Waals surface area contributed by atoms with E-state index in [0.29, 0.717) is 17.5 Å². The summed E-state index contributed by atoms with van der Waals surface area (Å²) in [6.45, 7) is 5.97. The predicted molar refractivity (Wildman–Crippen MR) is 81.2 cm³/mol. The number of rotatable bonds is 5. The second kappa shape index (κ2) is 6.55. The van der Waals surface area contributed by atoms with E-state index < -0.39 is 0 Å². The molecule has 1 heterocycles. The van der Waals surface area contributed by atoms with Crippen LogP contribution in [0.15, 0.2) is 33.5 Å². The first-order valence-corrected chi connectivity index (χ1v) is 7.33. The average Bonchev–Trinajstić information content (AvgIpc) is 2.80. The van der Waals surface area contributed by atoms with E-state index in [-0.39, 0.29) is 0 Å². The summed E-state index contributed by atoms with van der Waals surface area (Å²) in [5.41, 5.74) is 1.81. The Balaban J connectivity index is 2.21. The van der Waals surface area contributed by atoms with Crippen LogP contribution in [0.25, 0.3) is 11.3 Å². The first-order chi connectivity index (χ1) is 9.08. The van der Waals surface area contributed by atoms with E-state index in [1.54, 1.807) is 0 Å². The van der Waals surface area contributed by atoms with Gasteiger partial charge in [-0.05, 0) is 30.7 Å². The Hall–Kier alpha value is -0.840. The van der Waals surface area contributed by atoms with E-state index in [1.807, 2.05) is 18.2 Å². The zero-order valence-corrected chi connectivity index (χ0v) is 13.3. The molecule has 0 spiro atoms. The van der Waals surface area contributed by atoms with Gasteiger partial charge in [-0.2, -0.15) is 0 Å². The maximum atomic E-state index is 6.03. The van der Waals surface area contributed by atoms with Gasteiger partial charge in [0.05, 0.1) is 0 Å². The lowest BCUT2D eigenvalue weighted by atomic mass is 10.1. The summed E-state index contributed by atoms with van der Waals surface area (Å²) < 4.78 is 6.45. The molecule has 0 amide bonds. The molecule has 102 valence electrons. The lowest BCUT2D eigenvalue weighted by Crippen LogP contribution is -2.19. The second-order valence-electron chi connectivity index (χ2n) is 4.78. The van der Waals surface area contributed by atoms with Crippen LogP contribution >= 0.6 is 27.5 Å². The molecule has 0 aliphatic heterocycles. The highest BCUT2D eigenvalue weighted by molar-refractivity contribution is 9.10. The largest absolute Gasteiger partial charge is 0.443 e. The standard InChI is InChI=1S/C14H16BrClN2O/c1-9(2)6-17-7-13-14(19-8-18-13)11-5-10(16)3-4-12(11)15/h3-5,8-9,17H,6-7H2,1-2H3. The van der Waals surface area contributed by atoms with Crippen LogP contribution in [0.3, 0.4) is 0 Å². The van der Waals surface area contributed by atoms with Crippen LogP contribution in [0.4, 0.5) is 0 Å². The van der Waals surface area contributed by atoms with E-state index in [9.17, 15) is 0 Å². The Labute approximate surface area is 126 Å². The first-order valence-electron chi connectivity index (χ1n) is 6.16. The number of nitrogens with zero attached hydrogens (tertiary/aromatic N) is 1. The van der Waals surface area contributed by atoms with Crippen LogP contribution < -0.4 is 5.32 Å². The molecule has 2 aromatic rings. The van der Waals surface area contributed by atoms with E-state index in [2.05, 4.69) is 40.1 Å². The number of hydrogen-bond acceptors (Lipinski definition) is 3. The fourth-order valence-corrected chi connectivity index (χ4v) is 2.36. The highest BCUT2D eigenvalue weighted by Crippen LogP contribution is 2.32. The fourth-order valence-electron chi connectivity index (χ4n) is 1.76. The Bertz CT molecular complexity index is 554. The van der Waals surface area contributed by atoms with Crippen molar-refractivity contribution >= 4 is 27.5 Å². The van der Waals surface area contributed by atoms with Crippen LogP contribution in [0.2, 0.25) is 5.02 Å². The molecule has 0 saturated carbocycles. The van der Waals surface area contributed by atoms with Crippen LogP contribution in [0.5, 0.6) is 0 Å². The lowest BCUT2D eigenvalue weighted by molar-refractivity contribution is 0.545. The molecule has 1 aromatic heterocycles. The zero-order chi connectivity index (χ0) is 13.8. The molecule has 0 aliphatic carbocycles. The summed E-state index contributed by atoms with van der Waals surface area (Å²) in [6.07, 6.45) is 1.47. The third-order valence-corrected chi connectivity index (χ3v) is 3.59. The number of aromatic nitrogens is 1. The molecule has 0 aliphatic rings. The number of hydrogen-bond donors (Lipinski definition) is 1. The molecule has 0 bridgehead atoms. The number of benzene rings is 1. The monoisotopic (exact) mass is 342 g/mol. The van der Waals surface area contributed by atoms with E-state index in [4.69, 9.17) is 16.0 Å². The smallest absolute Gasteiger partial charge is 0.181 e. The van der Waals surface area contributed by atoms with Gasteiger partial charge in [0.1, 0.15) is 5.69 Å². The van der Waals surface area contributed by atoms with E-state index in [1.165, 1.54) is 6.39 Å². The molecule has 5 heteroatoms. The van der Waals surface area contributed by atoms with E-state index in [0.717, 1.165) is 28.0 Å². The minimum absolute atomic E-state index is 0.605. The molecule has 3 nitrogen and oxygen atoms in total. The first kappa shape index (κ1) is 14.6. The predicted octanol–water partition coefficient (Wildman–Crippen LogP) is 4.50. The number of halogens is 2. The van der Waals surface area contributed by atoms with Gasteiger partial charge in [0.2, 0.25) is 0 Å². The number of nitrogens with one attached hydrogen (secondary N) is 1. The normalized spacial score (nSPS) is 11.2. The van der Waals surface area contributed by atoms with Crippen molar-refractivity contribution in [3.63, 3.8) is 0 Å². The van der Waals surface area contributed by atoms with Gasteiger partial charge < -0.3 is 9.73 Å². The maximum Gasteiger partial charge on any atom is 0.181 e. The van der Waals surface area contributed by atoms with Crippen molar-refractivity contribution in [1.82, 2.24) is 10.3 Å². The molecule has 0 fully saturated rings. The van der Waals surface area contributed by atoms with Gasteiger partial charge in [0, 0.05) is 21.6 Å². The summed E-state index contributed by atoms with van der Waals surface area (Å²) in [5, 5.41) is 4.04. The molecule has 1 N–H and O–H groups in total. The molecule has 0 unspecified atom stereocenters. The molecular formula is C14H16BrClN2O. The molecule has 0 radical (unpaired) electrons. The highest BCUT2D eigenvalue weighted by Gasteiger charge is 2.14.